The second-order valence-electron chi connectivity index (χ2n) is 8.78. The molecule has 162 valence electrons. The van der Waals surface area contributed by atoms with Crippen molar-refractivity contribution in [3.63, 3.8) is 0 Å². The van der Waals surface area contributed by atoms with Gasteiger partial charge in [-0.05, 0) is 64.6 Å². The van der Waals surface area contributed by atoms with Gasteiger partial charge in [-0.2, -0.15) is 0 Å². The Bertz CT molecular complexity index is 863. The molecule has 30 heavy (non-hydrogen) atoms. The predicted octanol–water partition coefficient (Wildman–Crippen LogP) is 3.51. The fraction of sp³-hybridized carbons (Fsp3) is 0.542. The topological polar surface area (TPSA) is 58.1 Å². The largest absolute Gasteiger partial charge is 0.506 e. The Hall–Kier alpha value is -2.15. The van der Waals surface area contributed by atoms with Crippen molar-refractivity contribution in [2.24, 2.45) is 0 Å². The van der Waals surface area contributed by atoms with Gasteiger partial charge in [-0.1, -0.05) is 18.6 Å². The molecule has 0 saturated carbocycles. The molecule has 0 amide bonds. The van der Waals surface area contributed by atoms with Gasteiger partial charge in [0.25, 0.3) is 0 Å². The summed E-state index contributed by atoms with van der Waals surface area (Å²) in [5.74, 6) is 1.14. The lowest BCUT2D eigenvalue weighted by Gasteiger charge is -2.27. The average molecular weight is 412 g/mol. The van der Waals surface area contributed by atoms with Gasteiger partial charge in [-0.3, -0.25) is 9.88 Å². The van der Waals surface area contributed by atoms with E-state index in [2.05, 4.69) is 14.8 Å². The van der Waals surface area contributed by atoms with Crippen LogP contribution in [0.3, 0.4) is 0 Å². The number of ether oxygens (including phenoxy) is 2. The summed E-state index contributed by atoms with van der Waals surface area (Å²) in [6.07, 6.45) is 5.64. The van der Waals surface area contributed by atoms with Crippen molar-refractivity contribution in [3.8, 4) is 11.5 Å². The van der Waals surface area contributed by atoms with Gasteiger partial charge in [0.05, 0.1) is 12.3 Å². The van der Waals surface area contributed by atoms with E-state index in [4.69, 9.17) is 9.47 Å². The molecule has 4 rings (SSSR count). The van der Waals surface area contributed by atoms with Gasteiger partial charge in [-0.15, -0.1) is 0 Å². The molecular formula is C24H33N3O3. The number of piperidine rings is 1. The Morgan fingerprint density at radius 2 is 1.90 bits per heavy atom. The fourth-order valence-corrected chi connectivity index (χ4v) is 4.33. The molecule has 1 unspecified atom stereocenters. The van der Waals surface area contributed by atoms with Crippen LogP contribution in [0, 0.1) is 0 Å². The maximum atomic E-state index is 10.9. The summed E-state index contributed by atoms with van der Waals surface area (Å²) in [4.78, 5) is 9.11. The monoisotopic (exact) mass is 411 g/mol. The van der Waals surface area contributed by atoms with Gasteiger partial charge in [0.2, 0.25) is 0 Å². The first-order chi connectivity index (χ1) is 14.5. The molecule has 6 heteroatoms. The summed E-state index contributed by atoms with van der Waals surface area (Å²) >= 11 is 0. The van der Waals surface area contributed by atoms with Crippen LogP contribution in [0.1, 0.15) is 48.6 Å². The van der Waals surface area contributed by atoms with E-state index in [-0.39, 0.29) is 0 Å². The number of hydrogen-bond acceptors (Lipinski definition) is 6. The van der Waals surface area contributed by atoms with E-state index in [0.717, 1.165) is 47.8 Å². The first kappa shape index (κ1) is 21.1. The van der Waals surface area contributed by atoms with E-state index in [9.17, 15) is 5.11 Å². The van der Waals surface area contributed by atoms with Crippen LogP contribution in [-0.2, 0) is 23.5 Å². The number of likely N-dealkylation sites (tertiary alicyclic amines) is 1. The Kier molecular flexibility index (Phi) is 6.27. The minimum absolute atomic E-state index is 0.297. The van der Waals surface area contributed by atoms with Crippen LogP contribution < -0.4 is 4.74 Å². The normalized spacial score (nSPS) is 21.7. The molecule has 3 heterocycles. The fourth-order valence-electron chi connectivity index (χ4n) is 4.33. The van der Waals surface area contributed by atoms with Gasteiger partial charge in [0.15, 0.2) is 0 Å². The first-order valence-electron chi connectivity index (χ1n) is 10.9. The zero-order valence-corrected chi connectivity index (χ0v) is 18.4. The zero-order chi connectivity index (χ0) is 21.1. The van der Waals surface area contributed by atoms with Crippen LogP contribution in [0.15, 0.2) is 30.5 Å². The van der Waals surface area contributed by atoms with Crippen LogP contribution in [0.4, 0.5) is 0 Å². The minimum Gasteiger partial charge on any atom is -0.506 e. The van der Waals surface area contributed by atoms with Crippen molar-refractivity contribution in [1.29, 1.82) is 0 Å². The Morgan fingerprint density at radius 1 is 1.17 bits per heavy atom. The molecule has 1 aromatic heterocycles. The molecule has 1 saturated heterocycles. The standard InChI is InChI=1S/C24H33N3O3/c1-24(18-7-9-19(10-8-18)29-14-13-26(2)3)21-15-25-22(23(28)20(21)17-30-24)16-27-11-5-4-6-12-27/h7-10,15,28H,4-6,11-14,16-17H2,1-3H3. The molecule has 1 fully saturated rings. The maximum absolute atomic E-state index is 10.9. The van der Waals surface area contributed by atoms with Crippen molar-refractivity contribution in [2.75, 3.05) is 40.3 Å². The van der Waals surface area contributed by atoms with Gasteiger partial charge >= 0.3 is 0 Å². The molecule has 0 spiro atoms. The second kappa shape index (κ2) is 8.92. The molecule has 1 atom stereocenters. The summed E-state index contributed by atoms with van der Waals surface area (Å²) in [5, 5.41) is 10.9. The Labute approximate surface area is 179 Å². The van der Waals surface area contributed by atoms with E-state index in [0.29, 0.717) is 25.5 Å². The Balaban J connectivity index is 1.50. The third-order valence-electron chi connectivity index (χ3n) is 6.29. The van der Waals surface area contributed by atoms with E-state index < -0.39 is 5.60 Å². The second-order valence-corrected chi connectivity index (χ2v) is 8.78. The number of pyridine rings is 1. The molecule has 1 N–H and O–H groups in total. The number of fused-ring (bicyclic) bond motifs is 1. The van der Waals surface area contributed by atoms with E-state index in [1.165, 1.54) is 19.3 Å². The Morgan fingerprint density at radius 3 is 2.60 bits per heavy atom. The molecular weight excluding hydrogens is 378 g/mol. The number of aromatic hydroxyl groups is 1. The molecule has 2 aliphatic heterocycles. The highest BCUT2D eigenvalue weighted by Gasteiger charge is 2.40. The molecule has 0 radical (unpaired) electrons. The molecule has 1 aromatic carbocycles. The molecule has 6 nitrogen and oxygen atoms in total. The van der Waals surface area contributed by atoms with E-state index in [1.807, 2.05) is 51.5 Å². The maximum Gasteiger partial charge on any atom is 0.144 e. The number of likely N-dealkylation sites (N-methyl/N-ethyl adjacent to an activating group) is 1. The van der Waals surface area contributed by atoms with Gasteiger partial charge in [0.1, 0.15) is 23.7 Å². The minimum atomic E-state index is -0.619. The van der Waals surface area contributed by atoms with Crippen LogP contribution >= 0.6 is 0 Å². The predicted molar refractivity (Wildman–Crippen MR) is 117 cm³/mol. The van der Waals surface area contributed by atoms with E-state index in [1.54, 1.807) is 0 Å². The smallest absolute Gasteiger partial charge is 0.144 e. The van der Waals surface area contributed by atoms with Crippen LogP contribution in [0.25, 0.3) is 0 Å². The summed E-state index contributed by atoms with van der Waals surface area (Å²) in [6.45, 7) is 6.83. The van der Waals surface area contributed by atoms with Gasteiger partial charge in [0, 0.05) is 30.4 Å². The van der Waals surface area contributed by atoms with E-state index >= 15 is 0 Å². The third kappa shape index (κ3) is 4.31. The number of hydrogen-bond donors (Lipinski definition) is 1. The summed E-state index contributed by atoms with van der Waals surface area (Å²) < 4.78 is 12.0. The lowest BCUT2D eigenvalue weighted by molar-refractivity contribution is 0.00930. The highest BCUT2D eigenvalue weighted by Crippen LogP contribution is 2.45. The highest BCUT2D eigenvalue weighted by atomic mass is 16.5. The molecule has 2 aliphatic rings. The lowest BCUT2D eigenvalue weighted by Crippen LogP contribution is -2.29. The number of benzene rings is 1. The first-order valence-corrected chi connectivity index (χ1v) is 10.9. The van der Waals surface area contributed by atoms with Crippen molar-refractivity contribution in [1.82, 2.24) is 14.8 Å². The quantitative estimate of drug-likeness (QED) is 0.753. The van der Waals surface area contributed by atoms with Crippen molar-refractivity contribution < 1.29 is 14.6 Å². The summed E-state index contributed by atoms with van der Waals surface area (Å²) in [6, 6.07) is 8.04. The summed E-state index contributed by atoms with van der Waals surface area (Å²) in [7, 11) is 4.06. The highest BCUT2D eigenvalue weighted by molar-refractivity contribution is 5.50. The zero-order valence-electron chi connectivity index (χ0n) is 18.4. The molecule has 0 bridgehead atoms. The number of nitrogens with zero attached hydrogens (tertiary/aromatic N) is 3. The van der Waals surface area contributed by atoms with Crippen molar-refractivity contribution in [2.45, 2.75) is 44.9 Å². The van der Waals surface area contributed by atoms with Crippen LogP contribution in [0.5, 0.6) is 11.5 Å². The number of rotatable bonds is 7. The molecule has 0 aliphatic carbocycles. The van der Waals surface area contributed by atoms with Crippen molar-refractivity contribution >= 4 is 0 Å². The number of aromatic nitrogens is 1. The van der Waals surface area contributed by atoms with Gasteiger partial charge < -0.3 is 19.5 Å². The lowest BCUT2D eigenvalue weighted by atomic mass is 9.88. The van der Waals surface area contributed by atoms with Gasteiger partial charge in [-0.25, -0.2) is 0 Å². The van der Waals surface area contributed by atoms with Crippen LogP contribution in [0.2, 0.25) is 0 Å². The van der Waals surface area contributed by atoms with Crippen molar-refractivity contribution in [3.05, 3.63) is 52.8 Å². The third-order valence-corrected chi connectivity index (χ3v) is 6.29. The molecule has 2 aromatic rings. The average Bonchev–Trinajstić information content (AvgIpc) is 3.10. The van der Waals surface area contributed by atoms with Crippen LogP contribution in [-0.4, -0.2) is 60.2 Å². The summed E-state index contributed by atoms with van der Waals surface area (Å²) in [5.41, 5.74) is 2.99. The SMILES string of the molecule is CN(C)CCOc1ccc(C2(C)OCc3c2cnc(CN2CCCCC2)c3O)cc1.